The van der Waals surface area contributed by atoms with Crippen LogP contribution in [0.3, 0.4) is 0 Å². The van der Waals surface area contributed by atoms with E-state index in [-0.39, 0.29) is 6.61 Å². The number of halogens is 1. The van der Waals surface area contributed by atoms with E-state index in [4.69, 9.17) is 9.47 Å². The molecule has 2 N–H and O–H groups in total. The van der Waals surface area contributed by atoms with Gasteiger partial charge in [-0.05, 0) is 55.0 Å². The van der Waals surface area contributed by atoms with Crippen molar-refractivity contribution in [2.24, 2.45) is 0 Å². The molecule has 2 rings (SSSR count). The molecular weight excluding hydrogens is 339 g/mol. The minimum absolute atomic E-state index is 0.309. The van der Waals surface area contributed by atoms with Gasteiger partial charge in [-0.1, -0.05) is 13.3 Å². The molecule has 0 saturated carbocycles. The van der Waals surface area contributed by atoms with Gasteiger partial charge in [0.25, 0.3) is 11.8 Å². The van der Waals surface area contributed by atoms with Crippen LogP contribution < -0.4 is 20.3 Å². The molecule has 0 fully saturated rings. The maximum atomic E-state index is 12.8. The van der Waals surface area contributed by atoms with Gasteiger partial charge in [0, 0.05) is 5.56 Å². The highest BCUT2D eigenvalue weighted by atomic mass is 19.1. The fourth-order valence-corrected chi connectivity index (χ4v) is 1.95. The van der Waals surface area contributed by atoms with Gasteiger partial charge in [0.05, 0.1) is 6.61 Å². The molecule has 2 aromatic carbocycles. The first-order valence-electron chi connectivity index (χ1n) is 8.29. The number of benzene rings is 2. The molecule has 2 amide bonds. The second kappa shape index (κ2) is 10.0. The Kier molecular flexibility index (Phi) is 7.42. The number of carbonyl (C=O) groups is 2. The number of hydrogen-bond donors (Lipinski definition) is 2. The summed E-state index contributed by atoms with van der Waals surface area (Å²) in [6.07, 6.45) is 2.01. The molecule has 138 valence electrons. The van der Waals surface area contributed by atoms with E-state index in [1.54, 1.807) is 24.3 Å². The zero-order valence-electron chi connectivity index (χ0n) is 14.5. The molecule has 0 aliphatic carbocycles. The van der Waals surface area contributed by atoms with Crippen LogP contribution in [0.5, 0.6) is 11.5 Å². The predicted octanol–water partition coefficient (Wildman–Crippen LogP) is 2.84. The first-order chi connectivity index (χ1) is 12.6. The summed E-state index contributed by atoms with van der Waals surface area (Å²) in [6.45, 7) is 2.40. The van der Waals surface area contributed by atoms with Crippen LogP contribution in [-0.2, 0) is 4.79 Å². The van der Waals surface area contributed by atoms with E-state index in [9.17, 15) is 14.0 Å². The molecule has 7 heteroatoms. The lowest BCUT2D eigenvalue weighted by Crippen LogP contribution is -2.43. The van der Waals surface area contributed by atoms with Crippen molar-refractivity contribution in [2.75, 3.05) is 13.2 Å². The van der Waals surface area contributed by atoms with E-state index in [1.165, 1.54) is 24.3 Å². The Hall–Kier alpha value is -3.09. The summed E-state index contributed by atoms with van der Waals surface area (Å²) >= 11 is 0. The van der Waals surface area contributed by atoms with Crippen LogP contribution in [0.1, 0.15) is 30.1 Å². The highest BCUT2D eigenvalue weighted by Crippen LogP contribution is 2.13. The maximum Gasteiger partial charge on any atom is 0.276 e. The third kappa shape index (κ3) is 6.43. The normalized spacial score (nSPS) is 10.1. The van der Waals surface area contributed by atoms with Crippen molar-refractivity contribution < 1.29 is 23.5 Å². The fourth-order valence-electron chi connectivity index (χ4n) is 1.95. The summed E-state index contributed by atoms with van der Waals surface area (Å²) in [4.78, 5) is 23.7. The van der Waals surface area contributed by atoms with Crippen molar-refractivity contribution >= 4 is 11.8 Å². The highest BCUT2D eigenvalue weighted by molar-refractivity contribution is 5.95. The van der Waals surface area contributed by atoms with Crippen molar-refractivity contribution in [2.45, 2.75) is 19.8 Å². The lowest BCUT2D eigenvalue weighted by atomic mass is 10.2. The third-order valence-corrected chi connectivity index (χ3v) is 3.38. The number of rotatable bonds is 8. The van der Waals surface area contributed by atoms with Crippen molar-refractivity contribution in [3.8, 4) is 11.5 Å². The number of hydrogen-bond acceptors (Lipinski definition) is 4. The average Bonchev–Trinajstić information content (AvgIpc) is 2.66. The first kappa shape index (κ1) is 19.2. The van der Waals surface area contributed by atoms with Gasteiger partial charge in [-0.15, -0.1) is 0 Å². The topological polar surface area (TPSA) is 76.7 Å². The Balaban J connectivity index is 1.73. The number of carbonyl (C=O) groups excluding carboxylic acids is 2. The van der Waals surface area contributed by atoms with Gasteiger partial charge < -0.3 is 9.47 Å². The molecule has 26 heavy (non-hydrogen) atoms. The minimum atomic E-state index is -0.540. The van der Waals surface area contributed by atoms with Crippen molar-refractivity contribution in [1.29, 1.82) is 0 Å². The van der Waals surface area contributed by atoms with Crippen LogP contribution in [0.2, 0.25) is 0 Å². The molecule has 0 aliphatic heterocycles. The van der Waals surface area contributed by atoms with Crippen LogP contribution in [0.4, 0.5) is 4.39 Å². The molecular formula is C19H21FN2O4. The zero-order chi connectivity index (χ0) is 18.8. The summed E-state index contributed by atoms with van der Waals surface area (Å²) in [5, 5.41) is 0. The molecule has 0 spiro atoms. The van der Waals surface area contributed by atoms with Gasteiger partial charge >= 0.3 is 0 Å². The number of unbranched alkanes of at least 4 members (excludes halogenated alkanes) is 1. The largest absolute Gasteiger partial charge is 0.494 e. The quantitative estimate of drug-likeness (QED) is 0.561. The molecule has 6 nitrogen and oxygen atoms in total. The van der Waals surface area contributed by atoms with Crippen LogP contribution in [0, 0.1) is 5.82 Å². The lowest BCUT2D eigenvalue weighted by Gasteiger charge is -2.09. The average molecular weight is 360 g/mol. The summed E-state index contributed by atoms with van der Waals surface area (Å²) < 4.78 is 23.5. The smallest absolute Gasteiger partial charge is 0.276 e. The highest BCUT2D eigenvalue weighted by Gasteiger charge is 2.08. The maximum absolute atomic E-state index is 12.8. The molecule has 2 aromatic rings. The zero-order valence-corrected chi connectivity index (χ0v) is 14.5. The van der Waals surface area contributed by atoms with Gasteiger partial charge in [0.2, 0.25) is 0 Å². The van der Waals surface area contributed by atoms with E-state index in [2.05, 4.69) is 17.8 Å². The van der Waals surface area contributed by atoms with Gasteiger partial charge in [-0.25, -0.2) is 4.39 Å². The molecule has 0 heterocycles. The summed E-state index contributed by atoms with van der Waals surface area (Å²) in [5.74, 6) is -0.350. The van der Waals surface area contributed by atoms with E-state index in [0.717, 1.165) is 12.8 Å². The Morgan fingerprint density at radius 2 is 1.54 bits per heavy atom. The number of amides is 2. The third-order valence-electron chi connectivity index (χ3n) is 3.38. The van der Waals surface area contributed by atoms with Crippen LogP contribution in [0.25, 0.3) is 0 Å². The lowest BCUT2D eigenvalue weighted by molar-refractivity contribution is -0.123. The standard InChI is InChI=1S/C19H21FN2O4/c1-2-3-12-25-16-8-4-14(5-9-16)19(24)22-21-18(23)13-26-17-10-6-15(20)7-11-17/h4-11H,2-3,12-13H2,1H3,(H,21,23)(H,22,24). The minimum Gasteiger partial charge on any atom is -0.494 e. The predicted molar refractivity (Wildman–Crippen MR) is 94.3 cm³/mol. The van der Waals surface area contributed by atoms with Crippen LogP contribution in [0.15, 0.2) is 48.5 Å². The second-order valence-corrected chi connectivity index (χ2v) is 5.47. The second-order valence-electron chi connectivity index (χ2n) is 5.47. The Labute approximate surface area is 151 Å². The van der Waals surface area contributed by atoms with Crippen molar-refractivity contribution in [3.05, 3.63) is 59.9 Å². The Bertz CT molecular complexity index is 717. The number of ether oxygens (including phenoxy) is 2. The SMILES string of the molecule is CCCCOc1ccc(C(=O)NNC(=O)COc2ccc(F)cc2)cc1. The van der Waals surface area contributed by atoms with E-state index < -0.39 is 17.6 Å². The van der Waals surface area contributed by atoms with E-state index in [0.29, 0.717) is 23.7 Å². The van der Waals surface area contributed by atoms with Crippen molar-refractivity contribution in [1.82, 2.24) is 10.9 Å². The van der Waals surface area contributed by atoms with Gasteiger partial charge in [0.1, 0.15) is 17.3 Å². The van der Waals surface area contributed by atoms with Gasteiger partial charge in [0.15, 0.2) is 6.61 Å². The fraction of sp³-hybridized carbons (Fsp3) is 0.263. The van der Waals surface area contributed by atoms with Crippen molar-refractivity contribution in [3.63, 3.8) is 0 Å². The van der Waals surface area contributed by atoms with Gasteiger partial charge in [-0.2, -0.15) is 0 Å². The number of hydrazine groups is 1. The summed E-state index contributed by atoms with van der Waals surface area (Å²) in [7, 11) is 0. The molecule has 0 aliphatic rings. The molecule has 0 bridgehead atoms. The van der Waals surface area contributed by atoms with E-state index in [1.807, 2.05) is 0 Å². The molecule has 0 unspecified atom stereocenters. The summed E-state index contributed by atoms with van der Waals surface area (Å²) in [5.41, 5.74) is 4.93. The molecule has 0 radical (unpaired) electrons. The molecule has 0 aromatic heterocycles. The Morgan fingerprint density at radius 3 is 2.19 bits per heavy atom. The van der Waals surface area contributed by atoms with E-state index >= 15 is 0 Å². The molecule has 0 saturated heterocycles. The monoisotopic (exact) mass is 360 g/mol. The molecule has 0 atom stereocenters. The van der Waals surface area contributed by atoms with Gasteiger partial charge in [-0.3, -0.25) is 20.4 Å². The summed E-state index contributed by atoms with van der Waals surface area (Å²) in [6, 6.07) is 11.9. The van der Waals surface area contributed by atoms with Crippen LogP contribution in [-0.4, -0.2) is 25.0 Å². The Morgan fingerprint density at radius 1 is 0.923 bits per heavy atom. The number of nitrogens with one attached hydrogen (secondary N) is 2. The first-order valence-corrected chi connectivity index (χ1v) is 8.29. The van der Waals surface area contributed by atoms with Crippen LogP contribution >= 0.6 is 0 Å².